The summed E-state index contributed by atoms with van der Waals surface area (Å²) in [5.74, 6) is 0.780. The van der Waals surface area contributed by atoms with Crippen molar-refractivity contribution in [1.29, 1.82) is 0 Å². The summed E-state index contributed by atoms with van der Waals surface area (Å²) in [5, 5.41) is 4.39. The number of benzene rings is 1. The van der Waals surface area contributed by atoms with Crippen LogP contribution in [0.5, 0.6) is 0 Å². The minimum Gasteiger partial charge on any atom is -0.334 e. The molecule has 2 aliphatic rings. The molecule has 2 unspecified atom stereocenters. The van der Waals surface area contributed by atoms with Crippen LogP contribution < -0.4 is 5.32 Å². The van der Waals surface area contributed by atoms with Gasteiger partial charge in [0.2, 0.25) is 0 Å². The van der Waals surface area contributed by atoms with E-state index < -0.39 is 0 Å². The molecule has 0 aliphatic carbocycles. The lowest BCUT2D eigenvalue weighted by Crippen LogP contribution is -2.48. The number of carbonyl (C=O) groups is 1. The van der Waals surface area contributed by atoms with Crippen LogP contribution in [0.2, 0.25) is 0 Å². The number of hydrogen-bond donors (Lipinski definition) is 1. The summed E-state index contributed by atoms with van der Waals surface area (Å²) in [6, 6.07) is 10.1. The topological polar surface area (TPSA) is 45.2 Å². The molecule has 21 heavy (non-hydrogen) atoms. The van der Waals surface area contributed by atoms with E-state index in [0.29, 0.717) is 12.0 Å². The number of fused-ring (bicyclic) bond motifs is 2. The SMILES string of the molecule is O=C(c1cccc2ncccc12)N1CCCC2CNCC21. The molecule has 2 fully saturated rings. The average Bonchev–Trinajstić information content (AvgIpc) is 3.02. The van der Waals surface area contributed by atoms with Gasteiger partial charge in [0.05, 0.1) is 5.52 Å². The second kappa shape index (κ2) is 5.11. The van der Waals surface area contributed by atoms with Crippen molar-refractivity contribution in [2.24, 2.45) is 5.92 Å². The highest BCUT2D eigenvalue weighted by Crippen LogP contribution is 2.29. The summed E-state index contributed by atoms with van der Waals surface area (Å²) in [6.07, 6.45) is 4.12. The van der Waals surface area contributed by atoms with E-state index in [4.69, 9.17) is 0 Å². The number of aromatic nitrogens is 1. The first-order valence-corrected chi connectivity index (χ1v) is 7.70. The Morgan fingerprint density at radius 2 is 2.19 bits per heavy atom. The van der Waals surface area contributed by atoms with Gasteiger partial charge in [-0.2, -0.15) is 0 Å². The van der Waals surface area contributed by atoms with Gasteiger partial charge in [-0.1, -0.05) is 12.1 Å². The molecule has 0 saturated carbocycles. The van der Waals surface area contributed by atoms with Crippen LogP contribution in [0.15, 0.2) is 36.5 Å². The van der Waals surface area contributed by atoms with Gasteiger partial charge in [0, 0.05) is 42.8 Å². The van der Waals surface area contributed by atoms with Gasteiger partial charge in [0.15, 0.2) is 0 Å². The standard InChI is InChI=1S/C17H19N3O/c21-17(20-9-3-4-12-10-18-11-16(12)20)14-5-1-7-15-13(14)6-2-8-19-15/h1-2,5-8,12,16,18H,3-4,9-11H2. The fourth-order valence-corrected chi connectivity index (χ4v) is 3.76. The van der Waals surface area contributed by atoms with Crippen molar-refractivity contribution < 1.29 is 4.79 Å². The molecule has 0 radical (unpaired) electrons. The molecule has 4 heteroatoms. The summed E-state index contributed by atoms with van der Waals surface area (Å²) >= 11 is 0. The minimum absolute atomic E-state index is 0.159. The molecular formula is C17H19N3O. The van der Waals surface area contributed by atoms with Crippen molar-refractivity contribution >= 4 is 16.8 Å². The summed E-state index contributed by atoms with van der Waals surface area (Å²) in [7, 11) is 0. The van der Waals surface area contributed by atoms with Gasteiger partial charge in [-0.05, 0) is 37.0 Å². The van der Waals surface area contributed by atoms with E-state index in [9.17, 15) is 4.79 Å². The molecule has 1 amide bonds. The van der Waals surface area contributed by atoms with E-state index in [2.05, 4.69) is 15.2 Å². The first-order valence-electron chi connectivity index (χ1n) is 7.70. The van der Waals surface area contributed by atoms with Crippen molar-refractivity contribution in [2.45, 2.75) is 18.9 Å². The molecule has 4 nitrogen and oxygen atoms in total. The van der Waals surface area contributed by atoms with Crippen LogP contribution in [0.25, 0.3) is 10.9 Å². The first-order chi connectivity index (χ1) is 10.3. The predicted octanol–water partition coefficient (Wildman–Crippen LogP) is 2.06. The fraction of sp³-hybridized carbons (Fsp3) is 0.412. The summed E-state index contributed by atoms with van der Waals surface area (Å²) in [4.78, 5) is 19.5. The molecule has 2 atom stereocenters. The smallest absolute Gasteiger partial charge is 0.254 e. The maximum absolute atomic E-state index is 13.0. The van der Waals surface area contributed by atoms with E-state index in [1.807, 2.05) is 30.3 Å². The highest BCUT2D eigenvalue weighted by atomic mass is 16.2. The van der Waals surface area contributed by atoms with E-state index in [0.717, 1.165) is 42.5 Å². The molecule has 4 rings (SSSR count). The normalized spacial score (nSPS) is 25.0. The first kappa shape index (κ1) is 12.8. The second-order valence-corrected chi connectivity index (χ2v) is 6.00. The van der Waals surface area contributed by atoms with Gasteiger partial charge >= 0.3 is 0 Å². The van der Waals surface area contributed by atoms with Crippen molar-refractivity contribution in [3.63, 3.8) is 0 Å². The maximum Gasteiger partial charge on any atom is 0.254 e. The Balaban J connectivity index is 1.73. The number of carbonyl (C=O) groups excluding carboxylic acids is 1. The van der Waals surface area contributed by atoms with Crippen molar-refractivity contribution in [3.05, 3.63) is 42.1 Å². The quantitative estimate of drug-likeness (QED) is 0.870. The lowest BCUT2D eigenvalue weighted by Gasteiger charge is -2.37. The van der Waals surface area contributed by atoms with Crippen LogP contribution in [0, 0.1) is 5.92 Å². The Hall–Kier alpha value is -1.94. The van der Waals surface area contributed by atoms with Crippen LogP contribution in [-0.4, -0.2) is 41.5 Å². The minimum atomic E-state index is 0.159. The number of amides is 1. The van der Waals surface area contributed by atoms with E-state index in [1.54, 1.807) is 6.20 Å². The summed E-state index contributed by atoms with van der Waals surface area (Å²) in [6.45, 7) is 2.85. The van der Waals surface area contributed by atoms with E-state index in [-0.39, 0.29) is 5.91 Å². The van der Waals surface area contributed by atoms with Gasteiger partial charge in [-0.3, -0.25) is 9.78 Å². The third-order valence-corrected chi connectivity index (χ3v) is 4.82. The number of rotatable bonds is 1. The van der Waals surface area contributed by atoms with E-state index >= 15 is 0 Å². The van der Waals surface area contributed by atoms with Gasteiger partial charge in [-0.15, -0.1) is 0 Å². The number of pyridine rings is 1. The Morgan fingerprint density at radius 3 is 3.14 bits per heavy atom. The summed E-state index contributed by atoms with van der Waals surface area (Å²) < 4.78 is 0. The second-order valence-electron chi connectivity index (χ2n) is 6.00. The molecule has 2 saturated heterocycles. The molecule has 3 heterocycles. The average molecular weight is 281 g/mol. The van der Waals surface area contributed by atoms with Crippen molar-refractivity contribution in [2.75, 3.05) is 19.6 Å². The van der Waals surface area contributed by atoms with Crippen LogP contribution >= 0.6 is 0 Å². The van der Waals surface area contributed by atoms with Crippen LogP contribution in [-0.2, 0) is 0 Å². The molecule has 108 valence electrons. The number of likely N-dealkylation sites (tertiary alicyclic amines) is 1. The zero-order chi connectivity index (χ0) is 14.2. The molecule has 0 bridgehead atoms. The Bertz CT molecular complexity index is 679. The monoisotopic (exact) mass is 281 g/mol. The Kier molecular flexibility index (Phi) is 3.11. The number of hydrogen-bond acceptors (Lipinski definition) is 3. The van der Waals surface area contributed by atoms with Gasteiger partial charge in [0.25, 0.3) is 5.91 Å². The molecule has 2 aromatic rings. The zero-order valence-electron chi connectivity index (χ0n) is 12.0. The lowest BCUT2D eigenvalue weighted by atomic mass is 9.91. The number of piperidine rings is 1. The third-order valence-electron chi connectivity index (χ3n) is 4.82. The van der Waals surface area contributed by atoms with Crippen LogP contribution in [0.4, 0.5) is 0 Å². The van der Waals surface area contributed by atoms with E-state index in [1.165, 1.54) is 6.42 Å². The van der Waals surface area contributed by atoms with Crippen molar-refractivity contribution in [1.82, 2.24) is 15.2 Å². The number of nitrogens with zero attached hydrogens (tertiary/aromatic N) is 2. The molecule has 1 aromatic carbocycles. The lowest BCUT2D eigenvalue weighted by molar-refractivity contribution is 0.0577. The third kappa shape index (κ3) is 2.10. The zero-order valence-corrected chi connectivity index (χ0v) is 12.0. The molecule has 2 aliphatic heterocycles. The Labute approximate surface area is 124 Å². The summed E-state index contributed by atoms with van der Waals surface area (Å²) in [5.41, 5.74) is 1.68. The molecular weight excluding hydrogens is 262 g/mol. The fourth-order valence-electron chi connectivity index (χ4n) is 3.76. The molecule has 1 aromatic heterocycles. The predicted molar refractivity (Wildman–Crippen MR) is 82.2 cm³/mol. The molecule has 0 spiro atoms. The van der Waals surface area contributed by atoms with Crippen LogP contribution in [0.3, 0.4) is 0 Å². The van der Waals surface area contributed by atoms with Gasteiger partial charge < -0.3 is 10.2 Å². The highest BCUT2D eigenvalue weighted by Gasteiger charge is 2.37. The maximum atomic E-state index is 13.0. The van der Waals surface area contributed by atoms with Crippen molar-refractivity contribution in [3.8, 4) is 0 Å². The highest BCUT2D eigenvalue weighted by molar-refractivity contribution is 6.06. The van der Waals surface area contributed by atoms with Gasteiger partial charge in [-0.25, -0.2) is 0 Å². The van der Waals surface area contributed by atoms with Gasteiger partial charge in [0.1, 0.15) is 0 Å². The van der Waals surface area contributed by atoms with Crippen LogP contribution in [0.1, 0.15) is 23.2 Å². The molecule has 1 N–H and O–H groups in total. The largest absolute Gasteiger partial charge is 0.334 e. The number of nitrogens with one attached hydrogen (secondary N) is 1. The Morgan fingerprint density at radius 1 is 1.24 bits per heavy atom.